The first-order valence-corrected chi connectivity index (χ1v) is 7.74. The second-order valence-electron chi connectivity index (χ2n) is 6.19. The third-order valence-electron chi connectivity index (χ3n) is 4.15. The Bertz CT molecular complexity index is 472. The van der Waals surface area contributed by atoms with Crippen LogP contribution in [-0.4, -0.2) is 56.5 Å². The normalized spacial score (nSPS) is 18.9. The minimum atomic E-state index is 0. The predicted molar refractivity (Wildman–Crippen MR) is 105 cm³/mol. The van der Waals surface area contributed by atoms with Crippen LogP contribution in [0, 0.1) is 12.8 Å². The van der Waals surface area contributed by atoms with Crippen LogP contribution < -0.4 is 5.32 Å². The average molecular weight is 416 g/mol. The molecule has 1 aliphatic heterocycles. The van der Waals surface area contributed by atoms with Gasteiger partial charge in [-0.1, -0.05) is 29.8 Å². The number of hydrogen-bond donors (Lipinski definition) is 1. The molecule has 0 spiro atoms. The van der Waals surface area contributed by atoms with Gasteiger partial charge >= 0.3 is 0 Å². The van der Waals surface area contributed by atoms with E-state index in [4.69, 9.17) is 0 Å². The molecule has 1 aromatic carbocycles. The molecule has 124 valence electrons. The van der Waals surface area contributed by atoms with E-state index >= 15 is 0 Å². The summed E-state index contributed by atoms with van der Waals surface area (Å²) in [6.07, 6.45) is 1.28. The van der Waals surface area contributed by atoms with Crippen LogP contribution in [0.5, 0.6) is 0 Å². The molecule has 5 heteroatoms. The predicted octanol–water partition coefficient (Wildman–Crippen LogP) is 2.57. The quantitative estimate of drug-likeness (QED) is 0.465. The first kappa shape index (κ1) is 19.2. The summed E-state index contributed by atoms with van der Waals surface area (Å²) in [5, 5.41) is 3.51. The van der Waals surface area contributed by atoms with E-state index in [-0.39, 0.29) is 24.0 Å². The Kier molecular flexibility index (Phi) is 8.17. The molecule has 0 saturated carbocycles. The van der Waals surface area contributed by atoms with E-state index in [1.807, 2.05) is 7.05 Å². The summed E-state index contributed by atoms with van der Waals surface area (Å²) in [6, 6.07) is 8.69. The molecule has 1 aliphatic rings. The number of nitrogens with one attached hydrogen (secondary N) is 1. The molecule has 1 N–H and O–H groups in total. The molecule has 1 unspecified atom stereocenters. The van der Waals surface area contributed by atoms with Gasteiger partial charge < -0.3 is 15.1 Å². The molecule has 1 fully saturated rings. The Morgan fingerprint density at radius 1 is 1.36 bits per heavy atom. The summed E-state index contributed by atoms with van der Waals surface area (Å²) in [7, 11) is 6.14. The van der Waals surface area contributed by atoms with Gasteiger partial charge in [0.1, 0.15) is 0 Å². The summed E-state index contributed by atoms with van der Waals surface area (Å²) in [4.78, 5) is 8.98. The van der Waals surface area contributed by atoms with Crippen LogP contribution in [0.1, 0.15) is 17.5 Å². The zero-order valence-corrected chi connectivity index (χ0v) is 16.5. The highest BCUT2D eigenvalue weighted by atomic mass is 127. The molecular formula is C17H29IN4. The molecule has 1 aromatic rings. The maximum absolute atomic E-state index is 4.40. The summed E-state index contributed by atoms with van der Waals surface area (Å²) in [5.41, 5.74) is 2.61. The smallest absolute Gasteiger partial charge is 0.193 e. The van der Waals surface area contributed by atoms with Gasteiger partial charge in [-0.2, -0.15) is 0 Å². The van der Waals surface area contributed by atoms with Crippen molar-refractivity contribution in [2.75, 3.05) is 40.8 Å². The Hall–Kier alpha value is -0.820. The zero-order valence-electron chi connectivity index (χ0n) is 14.2. The number of aliphatic imine (C=N–C) groups is 1. The van der Waals surface area contributed by atoms with E-state index in [0.29, 0.717) is 0 Å². The topological polar surface area (TPSA) is 30.9 Å². The molecule has 0 radical (unpaired) electrons. The molecule has 22 heavy (non-hydrogen) atoms. The Morgan fingerprint density at radius 2 is 2.05 bits per heavy atom. The first-order valence-electron chi connectivity index (χ1n) is 7.74. The van der Waals surface area contributed by atoms with Gasteiger partial charge in [0.25, 0.3) is 0 Å². The third-order valence-corrected chi connectivity index (χ3v) is 4.15. The van der Waals surface area contributed by atoms with Crippen molar-refractivity contribution in [1.29, 1.82) is 0 Å². The van der Waals surface area contributed by atoms with Gasteiger partial charge in [0.15, 0.2) is 5.96 Å². The van der Waals surface area contributed by atoms with Gasteiger partial charge in [-0.15, -0.1) is 24.0 Å². The molecule has 0 aliphatic carbocycles. The summed E-state index contributed by atoms with van der Waals surface area (Å²) >= 11 is 0. The van der Waals surface area contributed by atoms with E-state index < -0.39 is 0 Å². The van der Waals surface area contributed by atoms with Crippen LogP contribution in [0.4, 0.5) is 0 Å². The third kappa shape index (κ3) is 5.76. The molecule has 4 nitrogen and oxygen atoms in total. The number of benzene rings is 1. The number of guanidine groups is 1. The largest absolute Gasteiger partial charge is 0.356 e. The fourth-order valence-electron chi connectivity index (χ4n) is 2.86. The Labute approximate surface area is 152 Å². The van der Waals surface area contributed by atoms with Crippen molar-refractivity contribution in [3.05, 3.63) is 35.4 Å². The van der Waals surface area contributed by atoms with Gasteiger partial charge in [0, 0.05) is 33.7 Å². The number of hydrogen-bond acceptors (Lipinski definition) is 2. The van der Waals surface area contributed by atoms with Crippen LogP contribution in [-0.2, 0) is 6.54 Å². The van der Waals surface area contributed by atoms with Crippen molar-refractivity contribution in [3.8, 4) is 0 Å². The Balaban J connectivity index is 0.00000242. The second-order valence-corrected chi connectivity index (χ2v) is 6.19. The number of halogens is 1. The average Bonchev–Trinajstić information content (AvgIpc) is 2.88. The van der Waals surface area contributed by atoms with E-state index in [1.165, 1.54) is 30.6 Å². The number of aryl methyl sites for hydroxylation is 1. The summed E-state index contributed by atoms with van der Waals surface area (Å²) in [6.45, 7) is 6.40. The number of likely N-dealkylation sites (tertiary alicyclic amines) is 1. The number of nitrogens with zero attached hydrogens (tertiary/aromatic N) is 3. The highest BCUT2D eigenvalue weighted by molar-refractivity contribution is 14.0. The standard InChI is InChI=1S/C17H28N4.HI/c1-14-5-7-15(8-6-14)13-21(4)17(18-2)19-11-16-9-10-20(3)12-16;/h5-8,16H,9-13H2,1-4H3,(H,18,19);1H. The molecule has 0 aromatic heterocycles. The maximum Gasteiger partial charge on any atom is 0.193 e. The fraction of sp³-hybridized carbons (Fsp3) is 0.588. The van der Waals surface area contributed by atoms with Crippen LogP contribution in [0.25, 0.3) is 0 Å². The van der Waals surface area contributed by atoms with Crippen LogP contribution in [0.3, 0.4) is 0 Å². The van der Waals surface area contributed by atoms with Crippen molar-refractivity contribution < 1.29 is 0 Å². The summed E-state index contributed by atoms with van der Waals surface area (Å²) in [5.74, 6) is 1.71. The van der Waals surface area contributed by atoms with E-state index in [0.717, 1.165) is 25.0 Å². The Morgan fingerprint density at radius 3 is 2.59 bits per heavy atom. The van der Waals surface area contributed by atoms with Crippen LogP contribution in [0.2, 0.25) is 0 Å². The van der Waals surface area contributed by atoms with Crippen molar-refractivity contribution in [1.82, 2.24) is 15.1 Å². The molecule has 1 heterocycles. The lowest BCUT2D eigenvalue weighted by Gasteiger charge is -2.23. The second kappa shape index (κ2) is 9.35. The first-order chi connectivity index (χ1) is 10.1. The minimum absolute atomic E-state index is 0. The van der Waals surface area contributed by atoms with E-state index in [9.17, 15) is 0 Å². The molecule has 1 atom stereocenters. The monoisotopic (exact) mass is 416 g/mol. The van der Waals surface area contributed by atoms with Gasteiger partial charge in [-0.25, -0.2) is 0 Å². The minimum Gasteiger partial charge on any atom is -0.356 e. The highest BCUT2D eigenvalue weighted by Crippen LogP contribution is 2.13. The van der Waals surface area contributed by atoms with Gasteiger partial charge in [0.2, 0.25) is 0 Å². The van der Waals surface area contributed by atoms with Crippen molar-refractivity contribution >= 4 is 29.9 Å². The van der Waals surface area contributed by atoms with E-state index in [1.54, 1.807) is 0 Å². The van der Waals surface area contributed by atoms with E-state index in [2.05, 4.69) is 65.4 Å². The maximum atomic E-state index is 4.40. The van der Waals surface area contributed by atoms with Crippen molar-refractivity contribution in [2.24, 2.45) is 10.9 Å². The van der Waals surface area contributed by atoms with Crippen LogP contribution in [0.15, 0.2) is 29.3 Å². The summed E-state index contributed by atoms with van der Waals surface area (Å²) < 4.78 is 0. The SMILES string of the molecule is CN=C(NCC1CCN(C)C1)N(C)Cc1ccc(C)cc1.I. The van der Waals surface area contributed by atoms with Gasteiger partial charge in [-0.05, 0) is 38.4 Å². The van der Waals surface area contributed by atoms with Crippen molar-refractivity contribution in [2.45, 2.75) is 19.9 Å². The zero-order chi connectivity index (χ0) is 15.2. The van der Waals surface area contributed by atoms with Crippen molar-refractivity contribution in [3.63, 3.8) is 0 Å². The van der Waals surface area contributed by atoms with Gasteiger partial charge in [0.05, 0.1) is 0 Å². The lowest BCUT2D eigenvalue weighted by molar-refractivity contribution is 0.390. The molecule has 1 saturated heterocycles. The molecule has 0 bridgehead atoms. The molecule has 0 amide bonds. The van der Waals surface area contributed by atoms with Crippen LogP contribution >= 0.6 is 24.0 Å². The molecule has 2 rings (SSSR count). The highest BCUT2D eigenvalue weighted by Gasteiger charge is 2.19. The fourth-order valence-corrected chi connectivity index (χ4v) is 2.86. The number of rotatable bonds is 4. The lowest BCUT2D eigenvalue weighted by Crippen LogP contribution is -2.41. The molecular weight excluding hydrogens is 387 g/mol. The van der Waals surface area contributed by atoms with Gasteiger partial charge in [-0.3, -0.25) is 4.99 Å². The lowest BCUT2D eigenvalue weighted by atomic mass is 10.1.